The van der Waals surface area contributed by atoms with Gasteiger partial charge < -0.3 is 10.6 Å². The monoisotopic (exact) mass is 198 g/mol. The average Bonchev–Trinajstić information content (AvgIpc) is 2.18. The van der Waals surface area contributed by atoms with E-state index in [0.29, 0.717) is 5.54 Å². The maximum absolute atomic E-state index is 3.62. The first kappa shape index (κ1) is 12.0. The van der Waals surface area contributed by atoms with Crippen molar-refractivity contribution in [1.29, 1.82) is 0 Å². The molecule has 2 heteroatoms. The molecule has 0 aromatic rings. The fraction of sp³-hybridized carbons (Fsp3) is 1.00. The summed E-state index contributed by atoms with van der Waals surface area (Å²) >= 11 is 0. The molecule has 0 aromatic carbocycles. The first-order valence-corrected chi connectivity index (χ1v) is 6.12. The second-order valence-corrected chi connectivity index (χ2v) is 5.09. The Morgan fingerprint density at radius 1 is 1.43 bits per heavy atom. The van der Waals surface area contributed by atoms with Crippen molar-refractivity contribution in [1.82, 2.24) is 10.6 Å². The minimum atomic E-state index is 0.353. The van der Waals surface area contributed by atoms with Gasteiger partial charge in [0.1, 0.15) is 0 Å². The molecule has 0 bridgehead atoms. The van der Waals surface area contributed by atoms with E-state index in [0.717, 1.165) is 19.0 Å². The fourth-order valence-electron chi connectivity index (χ4n) is 2.01. The second kappa shape index (κ2) is 5.72. The number of hydrogen-bond donors (Lipinski definition) is 2. The van der Waals surface area contributed by atoms with E-state index in [4.69, 9.17) is 0 Å². The average molecular weight is 198 g/mol. The third-order valence-electron chi connectivity index (χ3n) is 3.41. The van der Waals surface area contributed by atoms with E-state index in [2.05, 4.69) is 31.4 Å². The van der Waals surface area contributed by atoms with Crippen LogP contribution in [0.4, 0.5) is 0 Å². The normalized spacial score (nSPS) is 30.2. The van der Waals surface area contributed by atoms with Crippen LogP contribution in [-0.2, 0) is 0 Å². The molecular formula is C12H26N2. The second-order valence-electron chi connectivity index (χ2n) is 5.09. The van der Waals surface area contributed by atoms with E-state index in [1.54, 1.807) is 0 Å². The Kier molecular flexibility index (Phi) is 4.90. The minimum Gasteiger partial charge on any atom is -0.315 e. The van der Waals surface area contributed by atoms with Gasteiger partial charge in [-0.1, -0.05) is 26.7 Å². The number of rotatable bonds is 5. The lowest BCUT2D eigenvalue weighted by Crippen LogP contribution is -2.53. The van der Waals surface area contributed by atoms with E-state index >= 15 is 0 Å². The first-order valence-electron chi connectivity index (χ1n) is 6.12. The first-order chi connectivity index (χ1) is 6.66. The van der Waals surface area contributed by atoms with Crippen molar-refractivity contribution in [3.05, 3.63) is 0 Å². The summed E-state index contributed by atoms with van der Waals surface area (Å²) < 4.78 is 0. The molecule has 1 heterocycles. The SMILES string of the molecule is CCC(C)CNCC1(C)CCCCN1. The van der Waals surface area contributed by atoms with Gasteiger partial charge in [-0.3, -0.25) is 0 Å². The van der Waals surface area contributed by atoms with Gasteiger partial charge in [-0.05, 0) is 38.8 Å². The van der Waals surface area contributed by atoms with E-state index < -0.39 is 0 Å². The zero-order valence-corrected chi connectivity index (χ0v) is 10.0. The topological polar surface area (TPSA) is 24.1 Å². The molecule has 0 aromatic heterocycles. The van der Waals surface area contributed by atoms with Crippen molar-refractivity contribution in [2.24, 2.45) is 5.92 Å². The summed E-state index contributed by atoms with van der Waals surface area (Å²) in [6, 6.07) is 0. The minimum absolute atomic E-state index is 0.353. The number of piperidine rings is 1. The van der Waals surface area contributed by atoms with Crippen LogP contribution in [0.5, 0.6) is 0 Å². The highest BCUT2D eigenvalue weighted by molar-refractivity contribution is 4.88. The zero-order valence-electron chi connectivity index (χ0n) is 10.0. The summed E-state index contributed by atoms with van der Waals surface area (Å²) in [4.78, 5) is 0. The van der Waals surface area contributed by atoms with Crippen molar-refractivity contribution in [2.45, 2.75) is 52.0 Å². The van der Waals surface area contributed by atoms with Crippen molar-refractivity contribution in [3.8, 4) is 0 Å². The molecule has 1 fully saturated rings. The Morgan fingerprint density at radius 3 is 2.79 bits per heavy atom. The smallest absolute Gasteiger partial charge is 0.0277 e. The molecule has 2 nitrogen and oxygen atoms in total. The Balaban J connectivity index is 2.15. The highest BCUT2D eigenvalue weighted by atomic mass is 15.0. The van der Waals surface area contributed by atoms with Crippen molar-refractivity contribution < 1.29 is 0 Å². The molecule has 1 rings (SSSR count). The van der Waals surface area contributed by atoms with E-state index in [1.807, 2.05) is 0 Å². The van der Waals surface area contributed by atoms with Gasteiger partial charge in [0.2, 0.25) is 0 Å². The molecule has 84 valence electrons. The maximum atomic E-state index is 3.62. The predicted octanol–water partition coefficient (Wildman–Crippen LogP) is 2.15. The maximum Gasteiger partial charge on any atom is 0.0277 e. The van der Waals surface area contributed by atoms with Crippen molar-refractivity contribution >= 4 is 0 Å². The molecule has 0 aliphatic carbocycles. The highest BCUT2D eigenvalue weighted by Gasteiger charge is 2.25. The van der Waals surface area contributed by atoms with Gasteiger partial charge in [-0.15, -0.1) is 0 Å². The van der Waals surface area contributed by atoms with Crippen LogP contribution >= 0.6 is 0 Å². The van der Waals surface area contributed by atoms with E-state index in [1.165, 1.54) is 32.2 Å². The zero-order chi connectivity index (χ0) is 10.4. The van der Waals surface area contributed by atoms with Crippen LogP contribution in [0.15, 0.2) is 0 Å². The molecule has 1 aliphatic rings. The molecule has 0 amide bonds. The van der Waals surface area contributed by atoms with Gasteiger partial charge in [0.05, 0.1) is 0 Å². The Hall–Kier alpha value is -0.0800. The molecule has 14 heavy (non-hydrogen) atoms. The molecular weight excluding hydrogens is 172 g/mol. The highest BCUT2D eigenvalue weighted by Crippen LogP contribution is 2.17. The molecule has 1 aliphatic heterocycles. The molecule has 0 saturated carbocycles. The van der Waals surface area contributed by atoms with Crippen LogP contribution in [0.2, 0.25) is 0 Å². The van der Waals surface area contributed by atoms with Crippen molar-refractivity contribution in [3.63, 3.8) is 0 Å². The summed E-state index contributed by atoms with van der Waals surface area (Å²) in [5.41, 5.74) is 0.353. The molecule has 2 unspecified atom stereocenters. The van der Waals surface area contributed by atoms with Gasteiger partial charge in [-0.2, -0.15) is 0 Å². The van der Waals surface area contributed by atoms with Crippen LogP contribution in [0.1, 0.15) is 46.5 Å². The third-order valence-corrected chi connectivity index (χ3v) is 3.41. The Labute approximate surface area is 88.8 Å². The standard InChI is InChI=1S/C12H26N2/c1-4-11(2)9-13-10-12(3)7-5-6-8-14-12/h11,13-14H,4-10H2,1-3H3. The molecule has 0 spiro atoms. The van der Waals surface area contributed by atoms with Crippen LogP contribution in [0, 0.1) is 5.92 Å². The number of hydrogen-bond acceptors (Lipinski definition) is 2. The molecule has 1 saturated heterocycles. The fourth-order valence-corrected chi connectivity index (χ4v) is 2.01. The van der Waals surface area contributed by atoms with Gasteiger partial charge in [0, 0.05) is 12.1 Å². The molecule has 2 atom stereocenters. The lowest BCUT2D eigenvalue weighted by atomic mass is 9.91. The Morgan fingerprint density at radius 2 is 2.21 bits per heavy atom. The van der Waals surface area contributed by atoms with Crippen LogP contribution in [0.25, 0.3) is 0 Å². The number of nitrogens with one attached hydrogen (secondary N) is 2. The van der Waals surface area contributed by atoms with E-state index in [-0.39, 0.29) is 0 Å². The summed E-state index contributed by atoms with van der Waals surface area (Å²) in [7, 11) is 0. The Bertz CT molecular complexity index is 150. The van der Waals surface area contributed by atoms with Crippen molar-refractivity contribution in [2.75, 3.05) is 19.6 Å². The van der Waals surface area contributed by atoms with Gasteiger partial charge in [0.25, 0.3) is 0 Å². The van der Waals surface area contributed by atoms with Gasteiger partial charge in [0.15, 0.2) is 0 Å². The lowest BCUT2D eigenvalue weighted by molar-refractivity contribution is 0.263. The van der Waals surface area contributed by atoms with E-state index in [9.17, 15) is 0 Å². The van der Waals surface area contributed by atoms with Crippen LogP contribution < -0.4 is 10.6 Å². The van der Waals surface area contributed by atoms with Crippen LogP contribution in [-0.4, -0.2) is 25.2 Å². The molecule has 2 N–H and O–H groups in total. The lowest BCUT2D eigenvalue weighted by Gasteiger charge is -2.35. The predicted molar refractivity (Wildman–Crippen MR) is 62.6 cm³/mol. The van der Waals surface area contributed by atoms with Gasteiger partial charge in [-0.25, -0.2) is 0 Å². The largest absolute Gasteiger partial charge is 0.315 e. The third kappa shape index (κ3) is 3.97. The summed E-state index contributed by atoms with van der Waals surface area (Å²) in [6.07, 6.45) is 5.33. The quantitative estimate of drug-likeness (QED) is 0.707. The summed E-state index contributed by atoms with van der Waals surface area (Å²) in [6.45, 7) is 10.4. The summed E-state index contributed by atoms with van der Waals surface area (Å²) in [5, 5.41) is 7.21. The molecule has 0 radical (unpaired) electrons. The van der Waals surface area contributed by atoms with Crippen LogP contribution in [0.3, 0.4) is 0 Å². The van der Waals surface area contributed by atoms with Gasteiger partial charge >= 0.3 is 0 Å². The summed E-state index contributed by atoms with van der Waals surface area (Å²) in [5.74, 6) is 0.808.